The summed E-state index contributed by atoms with van der Waals surface area (Å²) in [4.78, 5) is 21.3. The number of hydrogen-bond acceptors (Lipinski definition) is 5. The number of halogens is 3. The molecule has 1 atom stereocenters. The third-order valence-corrected chi connectivity index (χ3v) is 6.39. The molecule has 3 heterocycles. The summed E-state index contributed by atoms with van der Waals surface area (Å²) >= 11 is 0. The number of carbonyl (C=O) groups is 1. The van der Waals surface area contributed by atoms with Gasteiger partial charge in [-0.25, -0.2) is 27.9 Å². The molecule has 2 N–H and O–H groups in total. The minimum Gasteiger partial charge on any atom is -0.465 e. The van der Waals surface area contributed by atoms with Gasteiger partial charge in [0.2, 0.25) is 0 Å². The molecule has 0 spiro atoms. The summed E-state index contributed by atoms with van der Waals surface area (Å²) in [5, 5.41) is 0.652. The number of methoxy groups -OCH3 is 1. The van der Waals surface area contributed by atoms with Gasteiger partial charge in [0.05, 0.1) is 41.6 Å². The Labute approximate surface area is 205 Å². The Balaban J connectivity index is 1.78. The molecule has 1 aliphatic carbocycles. The standard InChI is InChI=1S/C26H26F3N5O2/c1-4-9-26(28,29)13-33-22(10-15-5-8-19(14(2)30)31-23(15)33)24-32-20-11-17(25(35)36-3)18(27)12-21(20)34(24)16-6-7-16/h4-5,8,10-12,14,16H,1,6-7,9,13,30H2,2-3H3/t14-/m1/s1. The molecule has 1 aromatic carbocycles. The molecule has 0 aliphatic heterocycles. The lowest BCUT2D eigenvalue weighted by Gasteiger charge is -2.19. The van der Waals surface area contributed by atoms with Crippen LogP contribution in [0.2, 0.25) is 0 Å². The van der Waals surface area contributed by atoms with Crippen molar-refractivity contribution in [1.82, 2.24) is 19.1 Å². The minimum atomic E-state index is -3.09. The molecule has 3 aromatic heterocycles. The Morgan fingerprint density at radius 1 is 1.31 bits per heavy atom. The highest BCUT2D eigenvalue weighted by Gasteiger charge is 2.34. The van der Waals surface area contributed by atoms with E-state index in [0.29, 0.717) is 39.3 Å². The van der Waals surface area contributed by atoms with Gasteiger partial charge in [0.15, 0.2) is 5.82 Å². The number of imidazole rings is 1. The fraction of sp³-hybridized carbons (Fsp3) is 0.346. The second kappa shape index (κ2) is 8.77. The van der Waals surface area contributed by atoms with E-state index in [2.05, 4.69) is 16.3 Å². The highest BCUT2D eigenvalue weighted by molar-refractivity contribution is 5.95. The molecule has 1 saturated carbocycles. The monoisotopic (exact) mass is 497 g/mol. The van der Waals surface area contributed by atoms with Crippen LogP contribution in [0.3, 0.4) is 0 Å². The van der Waals surface area contributed by atoms with Crippen LogP contribution in [0.5, 0.6) is 0 Å². The molecule has 0 unspecified atom stereocenters. The Morgan fingerprint density at radius 3 is 2.69 bits per heavy atom. The van der Waals surface area contributed by atoms with E-state index in [9.17, 15) is 18.0 Å². The van der Waals surface area contributed by atoms with Crippen LogP contribution in [0.15, 0.2) is 43.0 Å². The highest BCUT2D eigenvalue weighted by Crippen LogP contribution is 2.43. The minimum absolute atomic E-state index is 0.0427. The van der Waals surface area contributed by atoms with Crippen molar-refractivity contribution in [2.75, 3.05) is 7.11 Å². The summed E-state index contributed by atoms with van der Waals surface area (Å²) in [6, 6.07) is 7.57. The fourth-order valence-corrected chi connectivity index (χ4v) is 4.51. The Morgan fingerprint density at radius 2 is 2.06 bits per heavy atom. The van der Waals surface area contributed by atoms with Gasteiger partial charge >= 0.3 is 5.97 Å². The normalized spacial score (nSPS) is 14.9. The number of nitrogens with two attached hydrogens (primary N) is 1. The summed E-state index contributed by atoms with van der Waals surface area (Å²) in [5.74, 6) is -4.23. The van der Waals surface area contributed by atoms with Crippen LogP contribution in [-0.4, -0.2) is 38.1 Å². The zero-order valence-corrected chi connectivity index (χ0v) is 20.0. The number of esters is 1. The van der Waals surface area contributed by atoms with Crippen molar-refractivity contribution < 1.29 is 22.7 Å². The predicted molar refractivity (Wildman–Crippen MR) is 130 cm³/mol. The molecule has 36 heavy (non-hydrogen) atoms. The number of nitrogens with zero attached hydrogens (tertiary/aromatic N) is 4. The van der Waals surface area contributed by atoms with E-state index in [4.69, 9.17) is 10.7 Å². The number of fused-ring (bicyclic) bond motifs is 2. The SMILES string of the molecule is C=CCC(F)(F)Cn1c(-c2nc3cc(C(=O)OC)c(F)cc3n2C2CC2)cc2ccc([C@@H](C)N)nc21. The second-order valence-electron chi connectivity index (χ2n) is 9.25. The topological polar surface area (TPSA) is 88.0 Å². The average molecular weight is 498 g/mol. The molecular weight excluding hydrogens is 471 g/mol. The predicted octanol–water partition coefficient (Wildman–Crippen LogP) is 5.54. The number of ether oxygens (including phenoxy) is 1. The molecule has 10 heteroatoms. The first kappa shape index (κ1) is 24.1. The number of alkyl halides is 2. The molecule has 0 bridgehead atoms. The van der Waals surface area contributed by atoms with Crippen molar-refractivity contribution in [2.24, 2.45) is 5.73 Å². The second-order valence-corrected chi connectivity index (χ2v) is 9.25. The number of carbonyl (C=O) groups excluding carboxylic acids is 1. The number of rotatable bonds is 8. The van der Waals surface area contributed by atoms with Gasteiger partial charge in [0.1, 0.15) is 11.5 Å². The summed E-state index contributed by atoms with van der Waals surface area (Å²) in [7, 11) is 1.17. The largest absolute Gasteiger partial charge is 0.465 e. The summed E-state index contributed by atoms with van der Waals surface area (Å²) in [5.41, 5.74) is 7.98. The molecule has 1 aliphatic rings. The fourth-order valence-electron chi connectivity index (χ4n) is 4.51. The van der Waals surface area contributed by atoms with Crippen molar-refractivity contribution in [1.29, 1.82) is 0 Å². The maximum atomic E-state index is 14.9. The zero-order valence-electron chi connectivity index (χ0n) is 20.0. The van der Waals surface area contributed by atoms with Gasteiger partial charge in [-0.15, -0.1) is 6.58 Å². The lowest BCUT2D eigenvalue weighted by molar-refractivity contribution is -0.0117. The van der Waals surface area contributed by atoms with Crippen LogP contribution in [0.25, 0.3) is 33.6 Å². The molecule has 1 fully saturated rings. The average Bonchev–Trinajstić information content (AvgIpc) is 3.52. The molecule has 5 rings (SSSR count). The van der Waals surface area contributed by atoms with E-state index < -0.39 is 30.7 Å². The summed E-state index contributed by atoms with van der Waals surface area (Å²) < 4.78 is 52.6. The number of benzene rings is 1. The molecular formula is C26H26F3N5O2. The lowest BCUT2D eigenvalue weighted by atomic mass is 10.2. The van der Waals surface area contributed by atoms with Crippen LogP contribution in [0.4, 0.5) is 13.2 Å². The van der Waals surface area contributed by atoms with Crippen LogP contribution in [0, 0.1) is 5.82 Å². The third kappa shape index (κ3) is 4.15. The zero-order chi connectivity index (χ0) is 25.8. The maximum absolute atomic E-state index is 14.9. The van der Waals surface area contributed by atoms with Gasteiger partial charge in [-0.3, -0.25) is 0 Å². The molecule has 7 nitrogen and oxygen atoms in total. The first-order chi connectivity index (χ1) is 17.1. The van der Waals surface area contributed by atoms with E-state index in [1.165, 1.54) is 29.9 Å². The first-order valence-electron chi connectivity index (χ1n) is 11.7. The van der Waals surface area contributed by atoms with E-state index in [1.807, 2.05) is 4.57 Å². The number of aromatic nitrogens is 4. The van der Waals surface area contributed by atoms with Crippen LogP contribution in [0.1, 0.15) is 54.3 Å². The number of hydrogen-bond donors (Lipinski definition) is 1. The van der Waals surface area contributed by atoms with Gasteiger partial charge in [-0.1, -0.05) is 6.08 Å². The van der Waals surface area contributed by atoms with Gasteiger partial charge in [-0.2, -0.15) is 0 Å². The lowest BCUT2D eigenvalue weighted by Crippen LogP contribution is -2.24. The summed E-state index contributed by atoms with van der Waals surface area (Å²) in [6.45, 7) is 4.58. The molecule has 188 valence electrons. The Kier molecular flexibility index (Phi) is 5.86. The number of pyridine rings is 1. The van der Waals surface area contributed by atoms with Crippen molar-refractivity contribution in [3.05, 3.63) is 60.1 Å². The molecule has 0 amide bonds. The highest BCUT2D eigenvalue weighted by atomic mass is 19.3. The Bertz CT molecular complexity index is 1500. The number of allylic oxidation sites excluding steroid dienone is 1. The van der Waals surface area contributed by atoms with Gasteiger partial charge < -0.3 is 19.6 Å². The van der Waals surface area contributed by atoms with E-state index in [-0.39, 0.29) is 17.6 Å². The molecule has 0 saturated heterocycles. The van der Waals surface area contributed by atoms with Crippen molar-refractivity contribution >= 4 is 28.0 Å². The third-order valence-electron chi connectivity index (χ3n) is 6.39. The quantitative estimate of drug-likeness (QED) is 0.255. The maximum Gasteiger partial charge on any atom is 0.340 e. The van der Waals surface area contributed by atoms with E-state index in [1.54, 1.807) is 25.1 Å². The van der Waals surface area contributed by atoms with Crippen molar-refractivity contribution in [3.8, 4) is 11.5 Å². The van der Waals surface area contributed by atoms with Crippen molar-refractivity contribution in [3.63, 3.8) is 0 Å². The molecule has 4 aromatic rings. The Hall–Kier alpha value is -3.66. The summed E-state index contributed by atoms with van der Waals surface area (Å²) in [6.07, 6.45) is 2.37. The van der Waals surface area contributed by atoms with E-state index in [0.717, 1.165) is 12.8 Å². The van der Waals surface area contributed by atoms with Gasteiger partial charge in [0.25, 0.3) is 5.92 Å². The first-order valence-corrected chi connectivity index (χ1v) is 11.7. The molecule has 0 radical (unpaired) electrons. The smallest absolute Gasteiger partial charge is 0.340 e. The van der Waals surface area contributed by atoms with E-state index >= 15 is 0 Å². The van der Waals surface area contributed by atoms with Crippen molar-refractivity contribution in [2.45, 2.75) is 50.7 Å². The van der Waals surface area contributed by atoms with Gasteiger partial charge in [-0.05, 0) is 44.0 Å². The van der Waals surface area contributed by atoms with Crippen LogP contribution in [-0.2, 0) is 11.3 Å². The van der Waals surface area contributed by atoms with Crippen LogP contribution < -0.4 is 5.73 Å². The van der Waals surface area contributed by atoms with Gasteiger partial charge in [0, 0.05) is 30.0 Å². The van der Waals surface area contributed by atoms with Crippen LogP contribution >= 0.6 is 0 Å².